The zero-order chi connectivity index (χ0) is 13.7. The van der Waals surface area contributed by atoms with E-state index in [0.717, 1.165) is 12.0 Å². The van der Waals surface area contributed by atoms with Gasteiger partial charge in [0.25, 0.3) is 0 Å². The normalized spacial score (nSPS) is 12.1. The number of halogens is 1. The minimum atomic E-state index is -0.775. The van der Waals surface area contributed by atoms with E-state index in [-0.39, 0.29) is 11.2 Å². The molecular formula is C16H15BrO2. The molecule has 3 heteroatoms. The van der Waals surface area contributed by atoms with E-state index in [0.29, 0.717) is 0 Å². The fourth-order valence-corrected chi connectivity index (χ4v) is 2.63. The van der Waals surface area contributed by atoms with Gasteiger partial charge in [0.15, 0.2) is 0 Å². The van der Waals surface area contributed by atoms with Crippen LogP contribution in [0.1, 0.15) is 12.0 Å². The van der Waals surface area contributed by atoms with Gasteiger partial charge in [0.2, 0.25) is 0 Å². The molecule has 0 saturated carbocycles. The summed E-state index contributed by atoms with van der Waals surface area (Å²) < 4.78 is 0. The third-order valence-corrected chi connectivity index (χ3v) is 3.56. The fraction of sp³-hybridized carbons (Fsp3) is 0.188. The molecule has 0 radical (unpaired) electrons. The third-order valence-electron chi connectivity index (χ3n) is 2.91. The summed E-state index contributed by atoms with van der Waals surface area (Å²) in [5.41, 5.74) is 3.51. The van der Waals surface area contributed by atoms with Gasteiger partial charge < -0.3 is 5.11 Å². The van der Waals surface area contributed by atoms with Crippen LogP contribution in [0, 0.1) is 0 Å². The van der Waals surface area contributed by atoms with E-state index < -0.39 is 5.97 Å². The van der Waals surface area contributed by atoms with E-state index in [2.05, 4.69) is 52.3 Å². The molecule has 0 aliphatic heterocycles. The Hall–Kier alpha value is -1.61. The summed E-state index contributed by atoms with van der Waals surface area (Å²) in [5, 5.41) is 8.72. The summed E-state index contributed by atoms with van der Waals surface area (Å²) in [5.74, 6) is -0.775. The topological polar surface area (TPSA) is 37.3 Å². The highest BCUT2D eigenvalue weighted by atomic mass is 79.9. The number of alkyl halides is 1. The molecule has 1 unspecified atom stereocenters. The molecule has 0 heterocycles. The molecule has 2 rings (SSSR count). The van der Waals surface area contributed by atoms with Crippen LogP contribution in [0.25, 0.3) is 11.1 Å². The average Bonchev–Trinajstić information content (AvgIpc) is 2.39. The van der Waals surface area contributed by atoms with E-state index in [1.807, 2.05) is 18.2 Å². The summed E-state index contributed by atoms with van der Waals surface area (Å²) in [6.07, 6.45) is 0.863. The molecule has 2 aromatic carbocycles. The van der Waals surface area contributed by atoms with Crippen LogP contribution in [0.15, 0.2) is 54.6 Å². The van der Waals surface area contributed by atoms with E-state index in [4.69, 9.17) is 5.11 Å². The van der Waals surface area contributed by atoms with Crippen LogP contribution < -0.4 is 0 Å². The standard InChI is InChI=1S/C16H15BrO2/c17-15(11-16(18)19)10-12-6-8-14(9-7-12)13-4-2-1-3-5-13/h1-9,15H,10-11H2,(H,18,19). The smallest absolute Gasteiger partial charge is 0.304 e. The molecule has 2 aromatic rings. The molecule has 0 amide bonds. The molecular weight excluding hydrogens is 304 g/mol. The van der Waals surface area contributed by atoms with Crippen LogP contribution in [0.4, 0.5) is 0 Å². The van der Waals surface area contributed by atoms with Crippen LogP contribution >= 0.6 is 15.9 Å². The van der Waals surface area contributed by atoms with Gasteiger partial charge in [-0.15, -0.1) is 0 Å². The van der Waals surface area contributed by atoms with Gasteiger partial charge in [-0.05, 0) is 23.1 Å². The molecule has 0 spiro atoms. The molecule has 0 aliphatic carbocycles. The second-order valence-electron chi connectivity index (χ2n) is 4.46. The first-order chi connectivity index (χ1) is 9.15. The highest BCUT2D eigenvalue weighted by Crippen LogP contribution is 2.21. The van der Waals surface area contributed by atoms with Crippen LogP contribution in [-0.4, -0.2) is 15.9 Å². The predicted octanol–water partition coefficient (Wildman–Crippen LogP) is 4.13. The minimum absolute atomic E-state index is 0.0208. The molecule has 98 valence electrons. The van der Waals surface area contributed by atoms with Crippen LogP contribution in [0.2, 0.25) is 0 Å². The van der Waals surface area contributed by atoms with Crippen molar-refractivity contribution in [3.8, 4) is 11.1 Å². The number of benzene rings is 2. The Labute approximate surface area is 121 Å². The van der Waals surface area contributed by atoms with Gasteiger partial charge >= 0.3 is 5.97 Å². The SMILES string of the molecule is O=C(O)CC(Br)Cc1ccc(-c2ccccc2)cc1. The molecule has 0 saturated heterocycles. The average molecular weight is 319 g/mol. The molecule has 19 heavy (non-hydrogen) atoms. The molecule has 0 aromatic heterocycles. The lowest BCUT2D eigenvalue weighted by Gasteiger charge is -2.08. The molecule has 0 bridgehead atoms. The van der Waals surface area contributed by atoms with Gasteiger partial charge in [0.1, 0.15) is 0 Å². The summed E-state index contributed by atoms with van der Waals surface area (Å²) in [4.78, 5) is 10.6. The lowest BCUT2D eigenvalue weighted by molar-refractivity contribution is -0.136. The molecule has 1 atom stereocenters. The van der Waals surface area contributed by atoms with Crippen molar-refractivity contribution >= 4 is 21.9 Å². The maximum Gasteiger partial charge on any atom is 0.304 e. The number of carboxylic acid groups (broad SMARTS) is 1. The monoisotopic (exact) mass is 318 g/mol. The van der Waals surface area contributed by atoms with Crippen molar-refractivity contribution in [2.75, 3.05) is 0 Å². The van der Waals surface area contributed by atoms with Gasteiger partial charge in [0, 0.05) is 4.83 Å². The van der Waals surface area contributed by atoms with E-state index in [9.17, 15) is 4.79 Å². The number of hydrogen-bond acceptors (Lipinski definition) is 1. The van der Waals surface area contributed by atoms with E-state index >= 15 is 0 Å². The van der Waals surface area contributed by atoms with Crippen LogP contribution in [-0.2, 0) is 11.2 Å². The van der Waals surface area contributed by atoms with Gasteiger partial charge in [-0.25, -0.2) is 0 Å². The zero-order valence-electron chi connectivity index (χ0n) is 10.4. The van der Waals surface area contributed by atoms with Crippen LogP contribution in [0.3, 0.4) is 0 Å². The van der Waals surface area contributed by atoms with Gasteiger partial charge in [-0.1, -0.05) is 70.5 Å². The maximum absolute atomic E-state index is 10.6. The summed E-state index contributed by atoms with van der Waals surface area (Å²) in [6, 6.07) is 18.4. The lowest BCUT2D eigenvalue weighted by Crippen LogP contribution is -2.09. The first-order valence-corrected chi connectivity index (χ1v) is 7.07. The van der Waals surface area contributed by atoms with E-state index in [1.54, 1.807) is 0 Å². The molecule has 1 N–H and O–H groups in total. The van der Waals surface area contributed by atoms with Gasteiger partial charge in [0.05, 0.1) is 6.42 Å². The second kappa shape index (κ2) is 6.53. The number of carboxylic acids is 1. The minimum Gasteiger partial charge on any atom is -0.481 e. The Balaban J connectivity index is 2.05. The second-order valence-corrected chi connectivity index (χ2v) is 5.76. The Kier molecular flexibility index (Phi) is 4.74. The first-order valence-electron chi connectivity index (χ1n) is 6.15. The van der Waals surface area contributed by atoms with Crippen molar-refractivity contribution in [2.24, 2.45) is 0 Å². The largest absolute Gasteiger partial charge is 0.481 e. The Morgan fingerprint density at radius 1 is 1.00 bits per heavy atom. The van der Waals surface area contributed by atoms with Crippen molar-refractivity contribution in [1.29, 1.82) is 0 Å². The highest BCUT2D eigenvalue weighted by molar-refractivity contribution is 9.09. The highest BCUT2D eigenvalue weighted by Gasteiger charge is 2.10. The molecule has 0 fully saturated rings. The Morgan fingerprint density at radius 3 is 2.16 bits per heavy atom. The Morgan fingerprint density at radius 2 is 1.58 bits per heavy atom. The van der Waals surface area contributed by atoms with Crippen molar-refractivity contribution in [3.63, 3.8) is 0 Å². The summed E-state index contributed by atoms with van der Waals surface area (Å²) >= 11 is 3.40. The van der Waals surface area contributed by atoms with Crippen molar-refractivity contribution in [1.82, 2.24) is 0 Å². The van der Waals surface area contributed by atoms with E-state index in [1.165, 1.54) is 11.1 Å². The van der Waals surface area contributed by atoms with Gasteiger partial charge in [-0.3, -0.25) is 4.79 Å². The number of carbonyl (C=O) groups is 1. The van der Waals surface area contributed by atoms with Crippen molar-refractivity contribution in [2.45, 2.75) is 17.7 Å². The summed E-state index contributed by atoms with van der Waals surface area (Å²) in [6.45, 7) is 0. The van der Waals surface area contributed by atoms with Gasteiger partial charge in [-0.2, -0.15) is 0 Å². The quantitative estimate of drug-likeness (QED) is 0.841. The fourth-order valence-electron chi connectivity index (χ4n) is 1.98. The molecule has 2 nitrogen and oxygen atoms in total. The van der Waals surface area contributed by atoms with Crippen molar-refractivity contribution in [3.05, 3.63) is 60.2 Å². The lowest BCUT2D eigenvalue weighted by atomic mass is 10.0. The summed E-state index contributed by atoms with van der Waals surface area (Å²) in [7, 11) is 0. The number of aliphatic carboxylic acids is 1. The van der Waals surface area contributed by atoms with Crippen molar-refractivity contribution < 1.29 is 9.90 Å². The molecule has 0 aliphatic rings. The first kappa shape index (κ1) is 13.8. The maximum atomic E-state index is 10.6. The number of hydrogen-bond donors (Lipinski definition) is 1. The van der Waals surface area contributed by atoms with Crippen LogP contribution in [0.5, 0.6) is 0 Å². The Bertz CT molecular complexity index is 534. The third kappa shape index (κ3) is 4.21. The predicted molar refractivity (Wildman–Crippen MR) is 80.5 cm³/mol. The number of rotatable bonds is 5. The zero-order valence-corrected chi connectivity index (χ0v) is 12.0.